The minimum Gasteiger partial charge on any atom is -0.490 e. The highest BCUT2D eigenvalue weighted by atomic mass is 19.1. The summed E-state index contributed by atoms with van der Waals surface area (Å²) < 4.78 is 29.0. The van der Waals surface area contributed by atoms with Crippen molar-refractivity contribution >= 4 is 23.5 Å². The van der Waals surface area contributed by atoms with Gasteiger partial charge in [-0.2, -0.15) is 0 Å². The lowest BCUT2D eigenvalue weighted by atomic mass is 10.2. The summed E-state index contributed by atoms with van der Waals surface area (Å²) in [4.78, 5) is 35.5. The monoisotopic (exact) mass is 402 g/mol. The molecule has 0 bridgehead atoms. The summed E-state index contributed by atoms with van der Waals surface area (Å²) in [6, 6.07) is 9.99. The fraction of sp³-hybridized carbons (Fsp3) is 0.250. The Kier molecular flexibility index (Phi) is 6.62. The quantitative estimate of drug-likeness (QED) is 0.716. The topological polar surface area (TPSA) is 103 Å². The molecule has 9 heteroatoms. The Hall–Kier alpha value is -3.62. The van der Waals surface area contributed by atoms with Gasteiger partial charge in [0.25, 0.3) is 11.8 Å². The maximum atomic E-state index is 13.1. The minimum absolute atomic E-state index is 0.0740. The van der Waals surface area contributed by atoms with Gasteiger partial charge in [-0.15, -0.1) is 0 Å². The third-order valence-electron chi connectivity index (χ3n) is 3.88. The normalized spacial score (nSPS) is 12.4. The van der Waals surface area contributed by atoms with Gasteiger partial charge in [0.05, 0.1) is 13.2 Å². The molecule has 2 aromatic carbocycles. The SMILES string of the molecule is O=C(COC(=O)CNC(=O)c1cccc(F)c1)Nc1ccc2c(c1)OCCCO2. The van der Waals surface area contributed by atoms with Gasteiger partial charge < -0.3 is 24.8 Å². The molecular formula is C20H19FN2O6. The fourth-order valence-electron chi connectivity index (χ4n) is 2.52. The number of ether oxygens (including phenoxy) is 3. The van der Waals surface area contributed by atoms with Crippen molar-refractivity contribution in [2.45, 2.75) is 6.42 Å². The second-order valence-electron chi connectivity index (χ2n) is 6.11. The number of carbonyl (C=O) groups excluding carboxylic acids is 3. The molecule has 1 aliphatic rings. The third-order valence-corrected chi connectivity index (χ3v) is 3.88. The highest BCUT2D eigenvalue weighted by Crippen LogP contribution is 2.32. The molecule has 2 aromatic rings. The van der Waals surface area contributed by atoms with Crippen LogP contribution in [0.5, 0.6) is 11.5 Å². The van der Waals surface area contributed by atoms with Gasteiger partial charge in [0.1, 0.15) is 12.4 Å². The van der Waals surface area contributed by atoms with Crippen molar-refractivity contribution in [3.05, 3.63) is 53.8 Å². The van der Waals surface area contributed by atoms with Crippen molar-refractivity contribution < 1.29 is 33.0 Å². The summed E-state index contributed by atoms with van der Waals surface area (Å²) in [5, 5.41) is 4.88. The van der Waals surface area contributed by atoms with Gasteiger partial charge in [-0.25, -0.2) is 4.39 Å². The molecule has 0 saturated heterocycles. The van der Waals surface area contributed by atoms with Gasteiger partial charge >= 0.3 is 5.97 Å². The lowest BCUT2D eigenvalue weighted by Gasteiger charge is -2.11. The Morgan fingerprint density at radius 3 is 2.62 bits per heavy atom. The first-order chi connectivity index (χ1) is 14.0. The number of nitrogens with one attached hydrogen (secondary N) is 2. The molecule has 2 amide bonds. The van der Waals surface area contributed by atoms with Crippen molar-refractivity contribution in [2.75, 3.05) is 31.7 Å². The zero-order valence-electron chi connectivity index (χ0n) is 15.4. The minimum atomic E-state index is -0.802. The highest BCUT2D eigenvalue weighted by Gasteiger charge is 2.14. The average Bonchev–Trinajstić information content (AvgIpc) is 2.95. The van der Waals surface area contributed by atoms with Crippen LogP contribution in [0, 0.1) is 5.82 Å². The highest BCUT2D eigenvalue weighted by molar-refractivity contribution is 5.96. The molecule has 0 aliphatic carbocycles. The van der Waals surface area contributed by atoms with Crippen LogP contribution in [0.3, 0.4) is 0 Å². The van der Waals surface area contributed by atoms with E-state index in [1.165, 1.54) is 18.2 Å². The molecule has 1 aliphatic heterocycles. The smallest absolute Gasteiger partial charge is 0.325 e. The summed E-state index contributed by atoms with van der Waals surface area (Å²) in [5.41, 5.74) is 0.541. The van der Waals surface area contributed by atoms with Crippen LogP contribution in [-0.2, 0) is 14.3 Å². The molecule has 0 radical (unpaired) electrons. The van der Waals surface area contributed by atoms with Crippen molar-refractivity contribution in [2.24, 2.45) is 0 Å². The number of halogens is 1. The van der Waals surface area contributed by atoms with E-state index in [4.69, 9.17) is 14.2 Å². The van der Waals surface area contributed by atoms with E-state index < -0.39 is 36.8 Å². The Morgan fingerprint density at radius 2 is 1.83 bits per heavy atom. The maximum Gasteiger partial charge on any atom is 0.325 e. The lowest BCUT2D eigenvalue weighted by molar-refractivity contribution is -0.146. The number of amides is 2. The average molecular weight is 402 g/mol. The Labute approximate surface area is 165 Å². The standard InChI is InChI=1S/C20H19FN2O6/c21-14-4-1-3-13(9-14)20(26)22-11-19(25)29-12-18(24)23-15-5-6-16-17(10-15)28-8-2-7-27-16/h1,3-6,9-10H,2,7-8,11-12H2,(H,22,26)(H,23,24). The Balaban J connectivity index is 1.42. The van der Waals surface area contributed by atoms with Crippen LogP contribution in [-0.4, -0.2) is 44.1 Å². The van der Waals surface area contributed by atoms with Crippen LogP contribution < -0.4 is 20.1 Å². The lowest BCUT2D eigenvalue weighted by Crippen LogP contribution is -2.32. The van der Waals surface area contributed by atoms with Crippen LogP contribution in [0.1, 0.15) is 16.8 Å². The Morgan fingerprint density at radius 1 is 1.03 bits per heavy atom. The largest absolute Gasteiger partial charge is 0.490 e. The molecule has 0 spiro atoms. The first-order valence-corrected chi connectivity index (χ1v) is 8.90. The van der Waals surface area contributed by atoms with Crippen molar-refractivity contribution in [1.82, 2.24) is 5.32 Å². The van der Waals surface area contributed by atoms with Crippen LogP contribution in [0.25, 0.3) is 0 Å². The number of fused-ring (bicyclic) bond motifs is 1. The molecule has 29 heavy (non-hydrogen) atoms. The molecule has 1 heterocycles. The molecule has 0 unspecified atom stereocenters. The van der Waals surface area contributed by atoms with E-state index >= 15 is 0 Å². The summed E-state index contributed by atoms with van der Waals surface area (Å²) in [7, 11) is 0. The van der Waals surface area contributed by atoms with Crippen LogP contribution >= 0.6 is 0 Å². The zero-order valence-corrected chi connectivity index (χ0v) is 15.4. The second-order valence-corrected chi connectivity index (χ2v) is 6.11. The molecule has 2 N–H and O–H groups in total. The van der Waals surface area contributed by atoms with Gasteiger partial charge in [-0.05, 0) is 30.3 Å². The summed E-state index contributed by atoms with van der Waals surface area (Å²) in [5.74, 6) is -1.42. The summed E-state index contributed by atoms with van der Waals surface area (Å²) in [6.07, 6.45) is 0.766. The zero-order chi connectivity index (χ0) is 20.6. The first-order valence-electron chi connectivity index (χ1n) is 8.90. The van der Waals surface area contributed by atoms with Gasteiger partial charge in [-0.1, -0.05) is 6.07 Å². The van der Waals surface area contributed by atoms with Gasteiger partial charge in [0.15, 0.2) is 18.1 Å². The molecule has 0 fully saturated rings. The van der Waals surface area contributed by atoms with Crippen LogP contribution in [0.15, 0.2) is 42.5 Å². The Bertz CT molecular complexity index is 918. The fourth-order valence-corrected chi connectivity index (χ4v) is 2.52. The molecule has 0 atom stereocenters. The summed E-state index contributed by atoms with van der Waals surface area (Å²) >= 11 is 0. The number of esters is 1. The number of hydrogen-bond acceptors (Lipinski definition) is 6. The van der Waals surface area contributed by atoms with Crippen molar-refractivity contribution in [1.29, 1.82) is 0 Å². The van der Waals surface area contributed by atoms with E-state index in [1.54, 1.807) is 18.2 Å². The molecule has 8 nitrogen and oxygen atoms in total. The maximum absolute atomic E-state index is 13.1. The number of anilines is 1. The number of hydrogen-bond donors (Lipinski definition) is 2. The van der Waals surface area contributed by atoms with E-state index in [0.29, 0.717) is 30.4 Å². The van der Waals surface area contributed by atoms with E-state index in [0.717, 1.165) is 12.5 Å². The second kappa shape index (κ2) is 9.54. The molecule has 0 saturated carbocycles. The number of carbonyl (C=O) groups is 3. The third kappa shape index (κ3) is 5.93. The van der Waals surface area contributed by atoms with E-state index in [9.17, 15) is 18.8 Å². The predicted molar refractivity (Wildman–Crippen MR) is 100 cm³/mol. The first kappa shape index (κ1) is 20.1. The van der Waals surface area contributed by atoms with Crippen molar-refractivity contribution in [3.8, 4) is 11.5 Å². The van der Waals surface area contributed by atoms with E-state index in [2.05, 4.69) is 10.6 Å². The van der Waals surface area contributed by atoms with Gasteiger partial charge in [0.2, 0.25) is 0 Å². The van der Waals surface area contributed by atoms with Gasteiger partial charge in [0, 0.05) is 23.7 Å². The molecule has 152 valence electrons. The molecule has 3 rings (SSSR count). The van der Waals surface area contributed by atoms with Crippen molar-refractivity contribution in [3.63, 3.8) is 0 Å². The van der Waals surface area contributed by atoms with Crippen LogP contribution in [0.2, 0.25) is 0 Å². The molecule has 0 aromatic heterocycles. The number of benzene rings is 2. The summed E-state index contributed by atoms with van der Waals surface area (Å²) in [6.45, 7) is 0.101. The van der Waals surface area contributed by atoms with E-state index in [-0.39, 0.29) is 5.56 Å². The predicted octanol–water partition coefficient (Wildman–Crippen LogP) is 1.90. The van der Waals surface area contributed by atoms with Crippen LogP contribution in [0.4, 0.5) is 10.1 Å². The van der Waals surface area contributed by atoms with E-state index in [1.807, 2.05) is 0 Å². The molecular weight excluding hydrogens is 383 g/mol. The van der Waals surface area contributed by atoms with Gasteiger partial charge in [-0.3, -0.25) is 14.4 Å². The number of rotatable bonds is 6.